The molecule has 0 unspecified atom stereocenters. The minimum Gasteiger partial charge on any atom is -0.264 e. The summed E-state index contributed by atoms with van der Waals surface area (Å²) >= 11 is 0. The number of aromatic nitrogens is 1. The summed E-state index contributed by atoms with van der Waals surface area (Å²) in [5.74, 6) is 0. The number of fused-ring (bicyclic) bond motifs is 1. The summed E-state index contributed by atoms with van der Waals surface area (Å²) in [5, 5.41) is 2.46. The van der Waals surface area contributed by atoms with E-state index in [1.807, 2.05) is 24.5 Å². The molecule has 0 atom stereocenters. The van der Waals surface area contributed by atoms with Gasteiger partial charge in [0.2, 0.25) is 0 Å². The van der Waals surface area contributed by atoms with Gasteiger partial charge in [-0.1, -0.05) is 24.3 Å². The molecule has 0 aliphatic rings. The Balaban J connectivity index is 2.79. The Labute approximate surface area is 72.1 Å². The highest BCUT2D eigenvalue weighted by Crippen LogP contribution is 2.16. The average Bonchev–Trinajstić information content (AvgIpc) is 2.17. The van der Waals surface area contributed by atoms with Crippen molar-refractivity contribution in [3.05, 3.63) is 49.1 Å². The zero-order valence-electron chi connectivity index (χ0n) is 6.83. The SMILES string of the molecule is [CH2]Cc1cncc2ccccc12. The zero-order chi connectivity index (χ0) is 8.39. The second-order valence-electron chi connectivity index (χ2n) is 2.77. The summed E-state index contributed by atoms with van der Waals surface area (Å²) in [6, 6.07) is 8.25. The molecule has 0 spiro atoms. The van der Waals surface area contributed by atoms with E-state index in [0.29, 0.717) is 0 Å². The maximum Gasteiger partial charge on any atom is 0.0346 e. The van der Waals surface area contributed by atoms with Crippen molar-refractivity contribution in [2.75, 3.05) is 0 Å². The Bertz CT molecular complexity index is 388. The van der Waals surface area contributed by atoms with Crippen molar-refractivity contribution in [3.63, 3.8) is 0 Å². The van der Waals surface area contributed by atoms with Crippen molar-refractivity contribution in [2.45, 2.75) is 6.42 Å². The highest BCUT2D eigenvalue weighted by molar-refractivity contribution is 5.84. The fraction of sp³-hybridized carbons (Fsp3) is 0.0909. The van der Waals surface area contributed by atoms with Gasteiger partial charge in [-0.05, 0) is 24.3 Å². The van der Waals surface area contributed by atoms with E-state index in [2.05, 4.69) is 24.0 Å². The van der Waals surface area contributed by atoms with Crippen LogP contribution in [-0.4, -0.2) is 4.98 Å². The van der Waals surface area contributed by atoms with Gasteiger partial charge < -0.3 is 0 Å². The van der Waals surface area contributed by atoms with E-state index in [9.17, 15) is 0 Å². The van der Waals surface area contributed by atoms with Crippen LogP contribution in [0.25, 0.3) is 10.8 Å². The fourth-order valence-electron chi connectivity index (χ4n) is 1.38. The molecule has 0 N–H and O–H groups in total. The molecule has 1 aromatic carbocycles. The number of benzene rings is 1. The number of hydrogen-bond donors (Lipinski definition) is 0. The first-order valence-electron chi connectivity index (χ1n) is 4.02. The Morgan fingerprint density at radius 3 is 2.83 bits per heavy atom. The van der Waals surface area contributed by atoms with Gasteiger partial charge in [0.15, 0.2) is 0 Å². The molecule has 0 saturated heterocycles. The number of rotatable bonds is 1. The molecule has 59 valence electrons. The molecule has 0 amide bonds. The van der Waals surface area contributed by atoms with Crippen molar-refractivity contribution in [3.8, 4) is 0 Å². The van der Waals surface area contributed by atoms with Gasteiger partial charge >= 0.3 is 0 Å². The van der Waals surface area contributed by atoms with E-state index in [1.165, 1.54) is 16.3 Å². The first kappa shape index (κ1) is 7.29. The normalized spacial score (nSPS) is 10.4. The van der Waals surface area contributed by atoms with Crippen LogP contribution in [0.1, 0.15) is 5.56 Å². The van der Waals surface area contributed by atoms with Crippen LogP contribution < -0.4 is 0 Å². The molecule has 0 bridgehead atoms. The van der Waals surface area contributed by atoms with E-state index < -0.39 is 0 Å². The van der Waals surface area contributed by atoms with Gasteiger partial charge in [0.25, 0.3) is 0 Å². The largest absolute Gasteiger partial charge is 0.264 e. The Hall–Kier alpha value is -1.37. The second kappa shape index (κ2) is 2.94. The van der Waals surface area contributed by atoms with Crippen LogP contribution in [0.2, 0.25) is 0 Å². The second-order valence-corrected chi connectivity index (χ2v) is 2.77. The summed E-state index contributed by atoms with van der Waals surface area (Å²) in [4.78, 5) is 4.14. The first-order valence-corrected chi connectivity index (χ1v) is 4.02. The van der Waals surface area contributed by atoms with E-state index in [4.69, 9.17) is 0 Å². The summed E-state index contributed by atoms with van der Waals surface area (Å²) in [7, 11) is 0. The summed E-state index contributed by atoms with van der Waals surface area (Å²) in [5.41, 5.74) is 1.22. The van der Waals surface area contributed by atoms with Crippen LogP contribution in [-0.2, 0) is 6.42 Å². The lowest BCUT2D eigenvalue weighted by Gasteiger charge is -2.01. The molecule has 1 heteroatoms. The van der Waals surface area contributed by atoms with Crippen molar-refractivity contribution in [1.29, 1.82) is 0 Å². The standard InChI is InChI=1S/C11H10N/c1-2-9-7-12-8-10-5-3-4-6-11(9)10/h3-8H,1-2H2. The molecule has 1 heterocycles. The molecule has 2 rings (SSSR count). The van der Waals surface area contributed by atoms with Crippen molar-refractivity contribution in [2.24, 2.45) is 0 Å². The quantitative estimate of drug-likeness (QED) is 0.618. The number of pyridine rings is 1. The lowest BCUT2D eigenvalue weighted by atomic mass is 10.1. The minimum absolute atomic E-state index is 0.800. The summed E-state index contributed by atoms with van der Waals surface area (Å²) < 4.78 is 0. The van der Waals surface area contributed by atoms with Crippen LogP contribution in [0.15, 0.2) is 36.7 Å². The topological polar surface area (TPSA) is 12.9 Å². The van der Waals surface area contributed by atoms with E-state index in [1.54, 1.807) is 0 Å². The van der Waals surface area contributed by atoms with Gasteiger partial charge in [-0.25, -0.2) is 0 Å². The van der Waals surface area contributed by atoms with Crippen molar-refractivity contribution >= 4 is 10.8 Å². The first-order chi connectivity index (χ1) is 5.92. The highest BCUT2D eigenvalue weighted by atomic mass is 14.6. The molecule has 1 radical (unpaired) electrons. The van der Waals surface area contributed by atoms with E-state index in [-0.39, 0.29) is 0 Å². The Kier molecular flexibility index (Phi) is 1.78. The molecule has 1 aromatic heterocycles. The minimum atomic E-state index is 0.800. The summed E-state index contributed by atoms with van der Waals surface area (Å²) in [6.07, 6.45) is 4.57. The van der Waals surface area contributed by atoms with Gasteiger partial charge in [0.05, 0.1) is 0 Å². The van der Waals surface area contributed by atoms with Gasteiger partial charge in [-0.2, -0.15) is 0 Å². The molecule has 0 aliphatic carbocycles. The molecule has 0 aliphatic heterocycles. The predicted octanol–water partition coefficient (Wildman–Crippen LogP) is 2.61. The maximum absolute atomic E-state index is 4.14. The van der Waals surface area contributed by atoms with Gasteiger partial charge in [-0.3, -0.25) is 4.98 Å². The average molecular weight is 156 g/mol. The van der Waals surface area contributed by atoms with Crippen molar-refractivity contribution < 1.29 is 0 Å². The molecule has 2 aromatic rings. The van der Waals surface area contributed by atoms with Crippen molar-refractivity contribution in [1.82, 2.24) is 4.98 Å². The van der Waals surface area contributed by atoms with E-state index >= 15 is 0 Å². The molecule has 12 heavy (non-hydrogen) atoms. The van der Waals surface area contributed by atoms with Gasteiger partial charge in [0.1, 0.15) is 0 Å². The van der Waals surface area contributed by atoms with Crippen LogP contribution >= 0.6 is 0 Å². The lowest BCUT2D eigenvalue weighted by molar-refractivity contribution is 1.22. The smallest absolute Gasteiger partial charge is 0.0346 e. The monoisotopic (exact) mass is 156 g/mol. The van der Waals surface area contributed by atoms with Crippen LogP contribution in [0.5, 0.6) is 0 Å². The van der Waals surface area contributed by atoms with Gasteiger partial charge in [-0.15, -0.1) is 0 Å². The van der Waals surface area contributed by atoms with Crippen LogP contribution in [0.3, 0.4) is 0 Å². The lowest BCUT2D eigenvalue weighted by Crippen LogP contribution is -1.84. The molecule has 0 fully saturated rings. The molecule has 1 nitrogen and oxygen atoms in total. The molecule has 0 saturated carbocycles. The molecular weight excluding hydrogens is 146 g/mol. The third-order valence-electron chi connectivity index (χ3n) is 2.02. The zero-order valence-corrected chi connectivity index (χ0v) is 6.83. The Morgan fingerprint density at radius 2 is 2.00 bits per heavy atom. The number of hydrogen-bond acceptors (Lipinski definition) is 1. The Morgan fingerprint density at radius 1 is 1.17 bits per heavy atom. The molecular formula is C11H10N. The van der Waals surface area contributed by atoms with Gasteiger partial charge in [0, 0.05) is 17.8 Å². The predicted molar refractivity (Wildman–Crippen MR) is 50.8 cm³/mol. The third-order valence-corrected chi connectivity index (χ3v) is 2.02. The number of nitrogens with zero attached hydrogens (tertiary/aromatic N) is 1. The van der Waals surface area contributed by atoms with Crippen LogP contribution in [0.4, 0.5) is 0 Å². The third kappa shape index (κ3) is 1.07. The summed E-state index contributed by atoms with van der Waals surface area (Å²) in [6.45, 7) is 3.87. The highest BCUT2D eigenvalue weighted by Gasteiger charge is 1.96. The van der Waals surface area contributed by atoms with Crippen LogP contribution in [0, 0.1) is 6.92 Å². The maximum atomic E-state index is 4.14. The van der Waals surface area contributed by atoms with E-state index in [0.717, 1.165) is 6.42 Å². The fourth-order valence-corrected chi connectivity index (χ4v) is 1.38.